The highest BCUT2D eigenvalue weighted by molar-refractivity contribution is 5.94. The topological polar surface area (TPSA) is 71.5 Å². The van der Waals surface area contributed by atoms with Gasteiger partial charge in [-0.1, -0.05) is 30.3 Å². The summed E-state index contributed by atoms with van der Waals surface area (Å²) in [6.07, 6.45) is 2.08. The van der Waals surface area contributed by atoms with Crippen LogP contribution in [0.15, 0.2) is 48.7 Å². The van der Waals surface area contributed by atoms with E-state index in [-0.39, 0.29) is 24.7 Å². The van der Waals surface area contributed by atoms with E-state index in [0.29, 0.717) is 17.9 Å². The van der Waals surface area contributed by atoms with Gasteiger partial charge in [-0.2, -0.15) is 0 Å². The first-order valence-corrected chi connectivity index (χ1v) is 7.67. The smallest absolute Gasteiger partial charge is 0.253 e. The third-order valence-electron chi connectivity index (χ3n) is 3.24. The first-order chi connectivity index (χ1) is 11.1. The van der Waals surface area contributed by atoms with Crippen LogP contribution in [0.1, 0.15) is 29.8 Å². The van der Waals surface area contributed by atoms with E-state index in [1.807, 2.05) is 44.2 Å². The number of ether oxygens (including phenoxy) is 1. The lowest BCUT2D eigenvalue weighted by Crippen LogP contribution is -2.39. The van der Waals surface area contributed by atoms with E-state index in [2.05, 4.69) is 10.3 Å². The highest BCUT2D eigenvalue weighted by atomic mass is 16.5. The third kappa shape index (κ3) is 5.38. The number of carbonyl (C=O) groups is 1. The number of rotatable bonds is 7. The zero-order valence-electron chi connectivity index (χ0n) is 13.4. The second-order valence-electron chi connectivity index (χ2n) is 5.59. The van der Waals surface area contributed by atoms with Crippen molar-refractivity contribution in [3.8, 4) is 5.88 Å². The Kier molecular flexibility index (Phi) is 6.11. The van der Waals surface area contributed by atoms with Crippen LogP contribution in [-0.4, -0.2) is 34.8 Å². The van der Waals surface area contributed by atoms with Gasteiger partial charge in [0, 0.05) is 12.3 Å². The van der Waals surface area contributed by atoms with Gasteiger partial charge in [0.1, 0.15) is 0 Å². The molecule has 2 aromatic rings. The maximum atomic E-state index is 12.2. The molecule has 23 heavy (non-hydrogen) atoms. The van der Waals surface area contributed by atoms with E-state index in [1.54, 1.807) is 12.1 Å². The normalized spacial score (nSPS) is 12.0. The minimum absolute atomic E-state index is 0.0341. The molecule has 0 saturated carbocycles. The zero-order valence-corrected chi connectivity index (χ0v) is 13.4. The van der Waals surface area contributed by atoms with Gasteiger partial charge in [0.25, 0.3) is 5.91 Å². The predicted molar refractivity (Wildman–Crippen MR) is 88.5 cm³/mol. The van der Waals surface area contributed by atoms with Gasteiger partial charge < -0.3 is 15.2 Å². The van der Waals surface area contributed by atoms with E-state index in [4.69, 9.17) is 4.74 Å². The average molecular weight is 314 g/mol. The maximum Gasteiger partial charge on any atom is 0.253 e. The summed E-state index contributed by atoms with van der Waals surface area (Å²) in [5.41, 5.74) is 1.50. The van der Waals surface area contributed by atoms with Crippen molar-refractivity contribution in [2.75, 3.05) is 6.61 Å². The van der Waals surface area contributed by atoms with Crippen molar-refractivity contribution in [2.45, 2.75) is 32.4 Å². The Morgan fingerprint density at radius 2 is 1.96 bits per heavy atom. The molecule has 1 heterocycles. The van der Waals surface area contributed by atoms with Gasteiger partial charge in [-0.25, -0.2) is 4.98 Å². The number of amides is 1. The zero-order chi connectivity index (χ0) is 16.7. The van der Waals surface area contributed by atoms with Crippen LogP contribution in [0, 0.1) is 0 Å². The molecule has 2 rings (SSSR count). The van der Waals surface area contributed by atoms with Gasteiger partial charge in [-0.15, -0.1) is 0 Å². The Hall–Kier alpha value is -2.40. The molecule has 0 bridgehead atoms. The van der Waals surface area contributed by atoms with Crippen molar-refractivity contribution in [1.29, 1.82) is 0 Å². The molecule has 1 amide bonds. The highest BCUT2D eigenvalue weighted by Crippen LogP contribution is 2.10. The monoisotopic (exact) mass is 314 g/mol. The van der Waals surface area contributed by atoms with E-state index in [0.717, 1.165) is 5.56 Å². The Morgan fingerprint density at radius 1 is 1.22 bits per heavy atom. The Morgan fingerprint density at radius 3 is 2.52 bits per heavy atom. The number of aromatic nitrogens is 1. The van der Waals surface area contributed by atoms with Crippen molar-refractivity contribution < 1.29 is 14.6 Å². The second-order valence-corrected chi connectivity index (χ2v) is 5.59. The highest BCUT2D eigenvalue weighted by Gasteiger charge is 2.14. The minimum atomic E-state index is -0.337. The second kappa shape index (κ2) is 8.29. The quantitative estimate of drug-likeness (QED) is 0.822. The number of carbonyl (C=O) groups excluding carboxylic acids is 1. The maximum absolute atomic E-state index is 12.2. The number of pyridine rings is 1. The molecule has 0 saturated heterocycles. The van der Waals surface area contributed by atoms with Gasteiger partial charge in [0.05, 0.1) is 24.3 Å². The summed E-state index contributed by atoms with van der Waals surface area (Å²) in [5.74, 6) is 0.225. The molecule has 0 aliphatic carbocycles. The van der Waals surface area contributed by atoms with Crippen molar-refractivity contribution in [1.82, 2.24) is 10.3 Å². The molecule has 5 nitrogen and oxygen atoms in total. The Balaban J connectivity index is 1.96. The number of hydrogen-bond acceptors (Lipinski definition) is 4. The largest absolute Gasteiger partial charge is 0.475 e. The number of hydrogen-bond donors (Lipinski definition) is 2. The van der Waals surface area contributed by atoms with Crippen LogP contribution in [0.5, 0.6) is 5.88 Å². The third-order valence-corrected chi connectivity index (χ3v) is 3.24. The summed E-state index contributed by atoms with van der Waals surface area (Å²) in [4.78, 5) is 16.3. The number of nitrogens with one attached hydrogen (secondary N) is 1. The molecular weight excluding hydrogens is 292 g/mol. The molecule has 122 valence electrons. The van der Waals surface area contributed by atoms with Crippen molar-refractivity contribution in [3.05, 3.63) is 59.8 Å². The summed E-state index contributed by atoms with van der Waals surface area (Å²) in [6.45, 7) is 3.71. The molecule has 0 spiro atoms. The molecule has 1 atom stereocenters. The molecule has 1 aromatic carbocycles. The summed E-state index contributed by atoms with van der Waals surface area (Å²) in [6, 6.07) is 12.7. The van der Waals surface area contributed by atoms with Gasteiger partial charge >= 0.3 is 0 Å². The number of aliphatic hydroxyl groups is 1. The van der Waals surface area contributed by atoms with E-state index < -0.39 is 0 Å². The molecule has 5 heteroatoms. The lowest BCUT2D eigenvalue weighted by atomic mass is 10.1. The number of aliphatic hydroxyl groups excluding tert-OH is 1. The first kappa shape index (κ1) is 17.0. The fourth-order valence-corrected chi connectivity index (χ4v) is 2.15. The Labute approximate surface area is 136 Å². The van der Waals surface area contributed by atoms with Gasteiger partial charge in [-0.3, -0.25) is 4.79 Å². The van der Waals surface area contributed by atoms with Crippen molar-refractivity contribution in [2.24, 2.45) is 0 Å². The van der Waals surface area contributed by atoms with Crippen LogP contribution < -0.4 is 10.1 Å². The summed E-state index contributed by atoms with van der Waals surface area (Å²) in [5, 5.41) is 12.3. The Bertz CT molecular complexity index is 612. The summed E-state index contributed by atoms with van der Waals surface area (Å²) < 4.78 is 5.45. The van der Waals surface area contributed by atoms with E-state index in [9.17, 15) is 9.90 Å². The van der Waals surface area contributed by atoms with Crippen LogP contribution in [0.4, 0.5) is 0 Å². The van der Waals surface area contributed by atoms with Gasteiger partial charge in [0.15, 0.2) is 0 Å². The lowest BCUT2D eigenvalue weighted by molar-refractivity contribution is 0.0916. The lowest BCUT2D eigenvalue weighted by Gasteiger charge is -2.16. The van der Waals surface area contributed by atoms with Gasteiger partial charge in [-0.05, 0) is 31.9 Å². The predicted octanol–water partition coefficient (Wildman–Crippen LogP) is 2.20. The summed E-state index contributed by atoms with van der Waals surface area (Å²) >= 11 is 0. The van der Waals surface area contributed by atoms with Crippen LogP contribution in [-0.2, 0) is 6.42 Å². The summed E-state index contributed by atoms with van der Waals surface area (Å²) in [7, 11) is 0. The van der Waals surface area contributed by atoms with Crippen LogP contribution >= 0.6 is 0 Å². The van der Waals surface area contributed by atoms with Crippen LogP contribution in [0.25, 0.3) is 0 Å². The van der Waals surface area contributed by atoms with Crippen molar-refractivity contribution >= 4 is 5.91 Å². The average Bonchev–Trinajstić information content (AvgIpc) is 2.55. The van der Waals surface area contributed by atoms with Gasteiger partial charge in [0.2, 0.25) is 5.88 Å². The van der Waals surface area contributed by atoms with Crippen LogP contribution in [0.2, 0.25) is 0 Å². The molecule has 2 N–H and O–H groups in total. The minimum Gasteiger partial charge on any atom is -0.475 e. The standard InChI is InChI=1S/C18H22N2O3/c1-13(2)23-17-9-8-15(11-19-17)18(22)20-16(12-21)10-14-6-4-3-5-7-14/h3-9,11,13,16,21H,10,12H2,1-2H3,(H,20,22). The fraction of sp³-hybridized carbons (Fsp3) is 0.333. The molecule has 0 aliphatic heterocycles. The number of benzene rings is 1. The van der Waals surface area contributed by atoms with Crippen molar-refractivity contribution in [3.63, 3.8) is 0 Å². The number of nitrogens with zero attached hydrogens (tertiary/aromatic N) is 1. The molecule has 0 radical (unpaired) electrons. The fourth-order valence-electron chi connectivity index (χ4n) is 2.15. The molecule has 0 aliphatic rings. The molecule has 1 aromatic heterocycles. The molecular formula is C18H22N2O3. The molecule has 1 unspecified atom stereocenters. The van der Waals surface area contributed by atoms with E-state index >= 15 is 0 Å². The van der Waals surface area contributed by atoms with E-state index in [1.165, 1.54) is 6.20 Å². The SMILES string of the molecule is CC(C)Oc1ccc(C(=O)NC(CO)Cc2ccccc2)cn1. The first-order valence-electron chi connectivity index (χ1n) is 7.67. The molecule has 0 fully saturated rings. The van der Waals surface area contributed by atoms with Crippen LogP contribution in [0.3, 0.4) is 0 Å².